The molecule has 2 N–H and O–H groups in total. The first-order valence-corrected chi connectivity index (χ1v) is 8.69. The molecule has 2 aliphatic carbocycles. The summed E-state index contributed by atoms with van der Waals surface area (Å²) < 4.78 is 0. The third kappa shape index (κ3) is 3.00. The Kier molecular flexibility index (Phi) is 4.19. The number of hydrogen-bond acceptors (Lipinski definition) is 2. The Morgan fingerprint density at radius 2 is 1.84 bits per heavy atom. The Bertz CT molecular complexity index is 300. The van der Waals surface area contributed by atoms with Crippen LogP contribution >= 0.6 is 0 Å². The van der Waals surface area contributed by atoms with Gasteiger partial charge in [-0.15, -0.1) is 0 Å². The van der Waals surface area contributed by atoms with E-state index < -0.39 is 0 Å². The smallest absolute Gasteiger partial charge is 0.0334 e. The molecule has 0 aromatic carbocycles. The summed E-state index contributed by atoms with van der Waals surface area (Å²) in [5.74, 6) is 2.98. The number of hydrogen-bond donors (Lipinski definition) is 1. The SMILES string of the molecule is CC1CCCN(C2(CN)CCCC(C3CC3)C2)CC1. The third-order valence-corrected chi connectivity index (χ3v) is 6.22. The molecule has 1 aliphatic heterocycles. The first-order valence-electron chi connectivity index (χ1n) is 8.69. The lowest BCUT2D eigenvalue weighted by Crippen LogP contribution is -2.56. The minimum Gasteiger partial charge on any atom is -0.329 e. The van der Waals surface area contributed by atoms with E-state index in [-0.39, 0.29) is 0 Å². The van der Waals surface area contributed by atoms with Gasteiger partial charge in [0.2, 0.25) is 0 Å². The van der Waals surface area contributed by atoms with Gasteiger partial charge in [-0.2, -0.15) is 0 Å². The van der Waals surface area contributed by atoms with Gasteiger partial charge in [0.15, 0.2) is 0 Å². The van der Waals surface area contributed by atoms with Gasteiger partial charge in [0, 0.05) is 12.1 Å². The maximum Gasteiger partial charge on any atom is 0.0334 e. The van der Waals surface area contributed by atoms with Crippen LogP contribution in [-0.4, -0.2) is 30.1 Å². The second-order valence-corrected chi connectivity index (χ2v) is 7.65. The molecule has 2 heteroatoms. The minimum atomic E-state index is 0.371. The van der Waals surface area contributed by atoms with Crippen LogP contribution < -0.4 is 5.73 Å². The van der Waals surface area contributed by atoms with Crippen molar-refractivity contribution >= 4 is 0 Å². The zero-order valence-corrected chi connectivity index (χ0v) is 12.7. The molecule has 3 aliphatic rings. The van der Waals surface area contributed by atoms with Crippen LogP contribution in [0.3, 0.4) is 0 Å². The van der Waals surface area contributed by atoms with Crippen LogP contribution in [0.1, 0.15) is 64.7 Å². The summed E-state index contributed by atoms with van der Waals surface area (Å²) in [4.78, 5) is 2.81. The lowest BCUT2D eigenvalue weighted by molar-refractivity contribution is 0.0327. The van der Waals surface area contributed by atoms with Gasteiger partial charge in [-0.05, 0) is 75.8 Å². The van der Waals surface area contributed by atoms with Gasteiger partial charge in [0.05, 0.1) is 0 Å². The van der Waals surface area contributed by atoms with Gasteiger partial charge in [-0.25, -0.2) is 0 Å². The van der Waals surface area contributed by atoms with Crippen molar-refractivity contribution in [2.75, 3.05) is 19.6 Å². The molecule has 3 rings (SSSR count). The van der Waals surface area contributed by atoms with E-state index in [1.54, 1.807) is 0 Å². The summed E-state index contributed by atoms with van der Waals surface area (Å²) in [6, 6.07) is 0. The first kappa shape index (κ1) is 13.9. The van der Waals surface area contributed by atoms with Gasteiger partial charge in [-0.3, -0.25) is 4.90 Å². The highest BCUT2D eigenvalue weighted by molar-refractivity contribution is 5.00. The van der Waals surface area contributed by atoms with E-state index in [1.165, 1.54) is 70.9 Å². The molecule has 1 heterocycles. The van der Waals surface area contributed by atoms with Crippen molar-refractivity contribution < 1.29 is 0 Å². The van der Waals surface area contributed by atoms with Crippen LogP contribution in [0, 0.1) is 17.8 Å². The summed E-state index contributed by atoms with van der Waals surface area (Å²) in [5, 5.41) is 0. The Hall–Kier alpha value is -0.0800. The van der Waals surface area contributed by atoms with Crippen molar-refractivity contribution in [3.63, 3.8) is 0 Å². The van der Waals surface area contributed by atoms with Crippen molar-refractivity contribution in [1.82, 2.24) is 4.90 Å². The normalized spacial score (nSPS) is 42.0. The number of nitrogens with zero attached hydrogens (tertiary/aromatic N) is 1. The summed E-state index contributed by atoms with van der Waals surface area (Å²) in [7, 11) is 0. The van der Waals surface area contributed by atoms with E-state index in [2.05, 4.69) is 11.8 Å². The van der Waals surface area contributed by atoms with E-state index in [1.807, 2.05) is 0 Å². The molecule has 19 heavy (non-hydrogen) atoms. The van der Waals surface area contributed by atoms with Gasteiger partial charge in [-0.1, -0.05) is 19.8 Å². The van der Waals surface area contributed by atoms with Crippen LogP contribution in [0.5, 0.6) is 0 Å². The molecule has 2 saturated carbocycles. The molecule has 110 valence electrons. The first-order chi connectivity index (χ1) is 9.23. The Labute approximate surface area is 119 Å². The van der Waals surface area contributed by atoms with Gasteiger partial charge in [0.1, 0.15) is 0 Å². The highest BCUT2D eigenvalue weighted by atomic mass is 15.2. The topological polar surface area (TPSA) is 29.3 Å². The van der Waals surface area contributed by atoms with Gasteiger partial charge in [0.25, 0.3) is 0 Å². The zero-order chi connectivity index (χ0) is 13.3. The highest BCUT2D eigenvalue weighted by Crippen LogP contribution is 2.48. The second-order valence-electron chi connectivity index (χ2n) is 7.65. The van der Waals surface area contributed by atoms with Crippen LogP contribution in [-0.2, 0) is 0 Å². The standard InChI is InChI=1S/C17H32N2/c1-14-4-3-10-19(11-8-14)17(13-18)9-2-5-16(12-17)15-6-7-15/h14-16H,2-13,18H2,1H3. The Morgan fingerprint density at radius 1 is 1.00 bits per heavy atom. The van der Waals surface area contributed by atoms with Gasteiger partial charge < -0.3 is 5.73 Å². The predicted molar refractivity (Wildman–Crippen MR) is 81.1 cm³/mol. The van der Waals surface area contributed by atoms with Crippen LogP contribution in [0.2, 0.25) is 0 Å². The quantitative estimate of drug-likeness (QED) is 0.846. The fourth-order valence-corrected chi connectivity index (χ4v) is 4.69. The fourth-order valence-electron chi connectivity index (χ4n) is 4.69. The van der Waals surface area contributed by atoms with Gasteiger partial charge >= 0.3 is 0 Å². The molecule has 0 bridgehead atoms. The predicted octanol–water partition coefficient (Wildman–Crippen LogP) is 3.41. The molecule has 0 amide bonds. The molecule has 0 spiro atoms. The summed E-state index contributed by atoms with van der Waals surface area (Å²) in [6.07, 6.45) is 12.9. The monoisotopic (exact) mass is 264 g/mol. The van der Waals surface area contributed by atoms with Crippen LogP contribution in [0.15, 0.2) is 0 Å². The molecule has 3 fully saturated rings. The summed E-state index contributed by atoms with van der Waals surface area (Å²) in [6.45, 7) is 5.92. The second kappa shape index (κ2) is 5.73. The van der Waals surface area contributed by atoms with Crippen molar-refractivity contribution in [3.05, 3.63) is 0 Å². The molecular formula is C17H32N2. The van der Waals surface area contributed by atoms with Crippen molar-refractivity contribution in [3.8, 4) is 0 Å². The molecular weight excluding hydrogens is 232 g/mol. The highest BCUT2D eigenvalue weighted by Gasteiger charge is 2.44. The zero-order valence-electron chi connectivity index (χ0n) is 12.7. The van der Waals surface area contributed by atoms with Crippen molar-refractivity contribution in [2.45, 2.75) is 70.3 Å². The van der Waals surface area contributed by atoms with E-state index in [9.17, 15) is 0 Å². The number of rotatable bonds is 3. The molecule has 1 saturated heterocycles. The van der Waals surface area contributed by atoms with E-state index in [4.69, 9.17) is 5.73 Å². The lowest BCUT2D eigenvalue weighted by atomic mass is 9.72. The maximum atomic E-state index is 6.30. The van der Waals surface area contributed by atoms with E-state index in [0.717, 1.165) is 24.3 Å². The fraction of sp³-hybridized carbons (Fsp3) is 1.00. The summed E-state index contributed by atoms with van der Waals surface area (Å²) in [5.41, 5.74) is 6.67. The Balaban J connectivity index is 1.69. The molecule has 0 aromatic heterocycles. The molecule has 0 aromatic rings. The molecule has 3 atom stereocenters. The minimum absolute atomic E-state index is 0.371. The van der Waals surface area contributed by atoms with E-state index >= 15 is 0 Å². The average molecular weight is 264 g/mol. The van der Waals surface area contributed by atoms with Crippen LogP contribution in [0.25, 0.3) is 0 Å². The van der Waals surface area contributed by atoms with Crippen molar-refractivity contribution in [1.29, 1.82) is 0 Å². The number of nitrogens with two attached hydrogens (primary N) is 1. The average Bonchev–Trinajstić information content (AvgIpc) is 3.26. The van der Waals surface area contributed by atoms with E-state index in [0.29, 0.717) is 5.54 Å². The molecule has 2 nitrogen and oxygen atoms in total. The maximum absolute atomic E-state index is 6.30. The van der Waals surface area contributed by atoms with Crippen LogP contribution in [0.4, 0.5) is 0 Å². The molecule has 3 unspecified atom stereocenters. The summed E-state index contributed by atoms with van der Waals surface area (Å²) >= 11 is 0. The lowest BCUT2D eigenvalue weighted by Gasteiger charge is -2.48. The number of likely N-dealkylation sites (tertiary alicyclic amines) is 1. The molecule has 0 radical (unpaired) electrons. The Morgan fingerprint density at radius 3 is 2.58 bits per heavy atom. The largest absolute Gasteiger partial charge is 0.329 e. The van der Waals surface area contributed by atoms with Crippen molar-refractivity contribution in [2.24, 2.45) is 23.5 Å². The third-order valence-electron chi connectivity index (χ3n) is 6.22.